The van der Waals surface area contributed by atoms with Crippen LogP contribution < -0.4 is 0 Å². The van der Waals surface area contributed by atoms with Crippen LogP contribution in [0.5, 0.6) is 5.75 Å². The molecule has 0 spiro atoms. The van der Waals surface area contributed by atoms with Gasteiger partial charge in [0.05, 0.1) is 0 Å². The van der Waals surface area contributed by atoms with Crippen molar-refractivity contribution in [3.05, 3.63) is 78.9 Å². The van der Waals surface area contributed by atoms with Gasteiger partial charge in [-0.1, -0.05) is 66.7 Å². The lowest BCUT2D eigenvalue weighted by atomic mass is 9.96. The molecule has 0 aromatic heterocycles. The first-order valence-electron chi connectivity index (χ1n) is 7.03. The van der Waals surface area contributed by atoms with Gasteiger partial charge in [0, 0.05) is 5.39 Å². The van der Waals surface area contributed by atoms with Gasteiger partial charge in [-0.05, 0) is 39.4 Å². The van der Waals surface area contributed by atoms with Gasteiger partial charge in [-0.2, -0.15) is 0 Å². The summed E-state index contributed by atoms with van der Waals surface area (Å²) >= 11 is 0. The molecule has 0 saturated carbocycles. The summed E-state index contributed by atoms with van der Waals surface area (Å²) in [7, 11) is 0. The van der Waals surface area contributed by atoms with E-state index in [1.807, 2.05) is 36.4 Å². The molecular formula is C20H14O. The van der Waals surface area contributed by atoms with E-state index < -0.39 is 0 Å². The third-order valence-corrected chi connectivity index (χ3v) is 3.94. The fraction of sp³-hybridized carbons (Fsp3) is 0. The quantitative estimate of drug-likeness (QED) is 0.493. The molecule has 4 aromatic rings. The maximum Gasteiger partial charge on any atom is 0.124 e. The summed E-state index contributed by atoms with van der Waals surface area (Å²) in [5.41, 5.74) is 2.19. The maximum atomic E-state index is 10.2. The first-order valence-corrected chi connectivity index (χ1v) is 7.03. The smallest absolute Gasteiger partial charge is 0.124 e. The summed E-state index contributed by atoms with van der Waals surface area (Å²) in [4.78, 5) is 0. The number of hydrogen-bond acceptors (Lipinski definition) is 1. The molecule has 4 rings (SSSR count). The molecule has 21 heavy (non-hydrogen) atoms. The van der Waals surface area contributed by atoms with E-state index in [1.54, 1.807) is 6.07 Å². The number of rotatable bonds is 1. The predicted molar refractivity (Wildman–Crippen MR) is 88.6 cm³/mol. The van der Waals surface area contributed by atoms with Crippen molar-refractivity contribution < 1.29 is 5.11 Å². The van der Waals surface area contributed by atoms with Crippen LogP contribution in [0.3, 0.4) is 0 Å². The standard InChI is InChI=1S/C20H14O/c21-19-10-4-8-15-7-3-9-18(20(15)19)17-12-11-14-5-1-2-6-16(14)13-17/h1-13,21H. The number of fused-ring (bicyclic) bond motifs is 2. The first-order chi connectivity index (χ1) is 10.3. The number of hydrogen-bond donors (Lipinski definition) is 1. The Kier molecular flexibility index (Phi) is 2.65. The summed E-state index contributed by atoms with van der Waals surface area (Å²) in [5, 5.41) is 14.6. The molecule has 0 aliphatic heterocycles. The highest BCUT2D eigenvalue weighted by Crippen LogP contribution is 2.35. The van der Waals surface area contributed by atoms with Gasteiger partial charge in [0.15, 0.2) is 0 Å². The number of aromatic hydroxyl groups is 1. The predicted octanol–water partition coefficient (Wildman–Crippen LogP) is 5.37. The zero-order valence-corrected chi connectivity index (χ0v) is 11.5. The second kappa shape index (κ2) is 4.64. The molecule has 0 unspecified atom stereocenters. The summed E-state index contributed by atoms with van der Waals surface area (Å²) in [6.07, 6.45) is 0. The molecule has 0 fully saturated rings. The van der Waals surface area contributed by atoms with Crippen LogP contribution in [0.15, 0.2) is 78.9 Å². The van der Waals surface area contributed by atoms with E-state index in [0.29, 0.717) is 5.75 Å². The Hall–Kier alpha value is -2.80. The van der Waals surface area contributed by atoms with E-state index in [4.69, 9.17) is 0 Å². The van der Waals surface area contributed by atoms with Crippen molar-refractivity contribution in [1.29, 1.82) is 0 Å². The van der Waals surface area contributed by atoms with E-state index in [9.17, 15) is 5.11 Å². The molecule has 1 heteroatoms. The van der Waals surface area contributed by atoms with Crippen LogP contribution in [-0.4, -0.2) is 5.11 Å². The molecular weight excluding hydrogens is 256 g/mol. The van der Waals surface area contributed by atoms with Crippen molar-refractivity contribution in [3.63, 3.8) is 0 Å². The Morgan fingerprint density at radius 3 is 2.14 bits per heavy atom. The molecule has 4 aromatic carbocycles. The molecule has 0 aliphatic rings. The van der Waals surface area contributed by atoms with Crippen LogP contribution in [0.2, 0.25) is 0 Å². The van der Waals surface area contributed by atoms with Crippen LogP contribution in [0, 0.1) is 0 Å². The maximum absolute atomic E-state index is 10.2. The number of benzene rings is 4. The zero-order chi connectivity index (χ0) is 14.2. The fourth-order valence-electron chi connectivity index (χ4n) is 2.92. The second-order valence-corrected chi connectivity index (χ2v) is 5.24. The Morgan fingerprint density at radius 1 is 0.571 bits per heavy atom. The fourth-order valence-corrected chi connectivity index (χ4v) is 2.92. The largest absolute Gasteiger partial charge is 0.507 e. The van der Waals surface area contributed by atoms with Gasteiger partial charge >= 0.3 is 0 Å². The molecule has 0 saturated heterocycles. The number of phenolic OH excluding ortho intramolecular Hbond substituents is 1. The van der Waals surface area contributed by atoms with Crippen LogP contribution in [-0.2, 0) is 0 Å². The summed E-state index contributed by atoms with van der Waals surface area (Å²) in [5.74, 6) is 0.330. The van der Waals surface area contributed by atoms with Crippen molar-refractivity contribution in [1.82, 2.24) is 0 Å². The van der Waals surface area contributed by atoms with E-state index in [0.717, 1.165) is 21.9 Å². The molecule has 1 N–H and O–H groups in total. The Bertz CT molecular complexity index is 949. The molecule has 0 heterocycles. The highest BCUT2D eigenvalue weighted by molar-refractivity contribution is 6.02. The van der Waals surface area contributed by atoms with Crippen molar-refractivity contribution >= 4 is 21.5 Å². The third kappa shape index (κ3) is 1.95. The lowest BCUT2D eigenvalue weighted by Gasteiger charge is -2.09. The Balaban J connectivity index is 2.04. The van der Waals surface area contributed by atoms with E-state index in [1.165, 1.54) is 10.8 Å². The van der Waals surface area contributed by atoms with E-state index in [2.05, 4.69) is 36.4 Å². The van der Waals surface area contributed by atoms with Gasteiger partial charge in [0.2, 0.25) is 0 Å². The molecule has 0 radical (unpaired) electrons. The second-order valence-electron chi connectivity index (χ2n) is 5.24. The number of phenols is 1. The van der Waals surface area contributed by atoms with Gasteiger partial charge in [-0.25, -0.2) is 0 Å². The van der Waals surface area contributed by atoms with Crippen molar-refractivity contribution in [2.24, 2.45) is 0 Å². The topological polar surface area (TPSA) is 20.2 Å². The highest BCUT2D eigenvalue weighted by Gasteiger charge is 2.07. The van der Waals surface area contributed by atoms with E-state index >= 15 is 0 Å². The summed E-state index contributed by atoms with van der Waals surface area (Å²) in [6, 6.07) is 26.5. The summed E-state index contributed by atoms with van der Waals surface area (Å²) in [6.45, 7) is 0. The Morgan fingerprint density at radius 2 is 1.29 bits per heavy atom. The van der Waals surface area contributed by atoms with Crippen LogP contribution >= 0.6 is 0 Å². The molecule has 0 aliphatic carbocycles. The minimum absolute atomic E-state index is 0.330. The Labute approximate surface area is 123 Å². The van der Waals surface area contributed by atoms with Gasteiger partial charge in [-0.3, -0.25) is 0 Å². The SMILES string of the molecule is Oc1cccc2cccc(-c3ccc4ccccc4c3)c12. The minimum atomic E-state index is 0.330. The molecule has 1 nitrogen and oxygen atoms in total. The lowest BCUT2D eigenvalue weighted by Crippen LogP contribution is -1.83. The van der Waals surface area contributed by atoms with Crippen molar-refractivity contribution in [2.45, 2.75) is 0 Å². The molecule has 0 bridgehead atoms. The van der Waals surface area contributed by atoms with Crippen LogP contribution in [0.1, 0.15) is 0 Å². The monoisotopic (exact) mass is 270 g/mol. The van der Waals surface area contributed by atoms with Crippen LogP contribution in [0.25, 0.3) is 32.7 Å². The van der Waals surface area contributed by atoms with Gasteiger partial charge in [0.25, 0.3) is 0 Å². The first kappa shape index (κ1) is 12.0. The average molecular weight is 270 g/mol. The van der Waals surface area contributed by atoms with Gasteiger partial charge in [0.1, 0.15) is 5.75 Å². The van der Waals surface area contributed by atoms with Gasteiger partial charge < -0.3 is 5.11 Å². The molecule has 0 amide bonds. The molecule has 100 valence electrons. The normalized spacial score (nSPS) is 11.0. The van der Waals surface area contributed by atoms with Gasteiger partial charge in [-0.15, -0.1) is 0 Å². The van der Waals surface area contributed by atoms with Crippen LogP contribution in [0.4, 0.5) is 0 Å². The summed E-state index contributed by atoms with van der Waals surface area (Å²) < 4.78 is 0. The van der Waals surface area contributed by atoms with Crippen molar-refractivity contribution in [3.8, 4) is 16.9 Å². The van der Waals surface area contributed by atoms with E-state index in [-0.39, 0.29) is 0 Å². The minimum Gasteiger partial charge on any atom is -0.507 e. The lowest BCUT2D eigenvalue weighted by molar-refractivity contribution is 0.482. The average Bonchev–Trinajstić information content (AvgIpc) is 2.54. The van der Waals surface area contributed by atoms with Crippen molar-refractivity contribution in [2.75, 3.05) is 0 Å². The molecule has 0 atom stereocenters. The highest BCUT2D eigenvalue weighted by atomic mass is 16.3. The third-order valence-electron chi connectivity index (χ3n) is 3.94. The zero-order valence-electron chi connectivity index (χ0n) is 11.5.